The first kappa shape index (κ1) is 17.5. The minimum atomic E-state index is -2.82. The lowest BCUT2D eigenvalue weighted by Gasteiger charge is -2.45. The van der Waals surface area contributed by atoms with Crippen LogP contribution in [0.4, 0.5) is 14.5 Å². The van der Waals surface area contributed by atoms with Crippen molar-refractivity contribution in [2.24, 2.45) is 5.41 Å². The number of benzene rings is 1. The molecular weight excluding hydrogens is 330 g/mol. The second kappa shape index (κ2) is 6.55. The summed E-state index contributed by atoms with van der Waals surface area (Å²) in [4.78, 5) is 25.4. The van der Waals surface area contributed by atoms with E-state index in [0.717, 1.165) is 6.08 Å². The Bertz CT molecular complexity index is 682. The lowest BCUT2D eigenvalue weighted by Crippen LogP contribution is -2.57. The molecule has 1 N–H and O–H groups in total. The number of carbonyl (C=O) groups is 2. The third-order valence-electron chi connectivity index (χ3n) is 4.94. The lowest BCUT2D eigenvalue weighted by atomic mass is 9.75. The third-order valence-corrected chi connectivity index (χ3v) is 4.94. The highest BCUT2D eigenvalue weighted by Gasteiger charge is 2.59. The summed E-state index contributed by atoms with van der Waals surface area (Å²) in [5.74, 6) is -3.46. The van der Waals surface area contributed by atoms with Crippen LogP contribution in [0.1, 0.15) is 23.2 Å². The molecule has 2 heterocycles. The minimum Gasteiger partial charge on any atom is -0.381 e. The lowest BCUT2D eigenvalue weighted by molar-refractivity contribution is -0.159. The van der Waals surface area contributed by atoms with Crippen LogP contribution in [-0.4, -0.2) is 48.9 Å². The Labute approximate surface area is 144 Å². The summed E-state index contributed by atoms with van der Waals surface area (Å²) in [5.41, 5.74) is -0.345. The molecule has 2 aliphatic rings. The molecule has 0 saturated carbocycles. The molecule has 7 heteroatoms. The molecule has 0 bridgehead atoms. The molecule has 134 valence electrons. The molecule has 0 radical (unpaired) electrons. The fourth-order valence-corrected chi connectivity index (χ4v) is 3.37. The van der Waals surface area contributed by atoms with Gasteiger partial charge < -0.3 is 15.0 Å². The molecule has 0 aromatic heterocycles. The predicted octanol–water partition coefficient (Wildman–Crippen LogP) is 2.70. The normalized spacial score (nSPS) is 25.0. The van der Waals surface area contributed by atoms with Crippen molar-refractivity contribution in [2.45, 2.75) is 18.8 Å². The summed E-state index contributed by atoms with van der Waals surface area (Å²) < 4.78 is 33.9. The highest BCUT2D eigenvalue weighted by molar-refractivity contribution is 5.99. The third kappa shape index (κ3) is 3.28. The number of anilines is 1. The van der Waals surface area contributed by atoms with E-state index in [2.05, 4.69) is 11.9 Å². The van der Waals surface area contributed by atoms with E-state index in [1.807, 2.05) is 0 Å². The van der Waals surface area contributed by atoms with E-state index in [1.165, 1.54) is 4.90 Å². The average Bonchev–Trinajstić information content (AvgIpc) is 3.07. The number of hydrogen-bond acceptors (Lipinski definition) is 3. The van der Waals surface area contributed by atoms with Gasteiger partial charge in [-0.25, -0.2) is 8.78 Å². The smallest absolute Gasteiger partial charge is 0.259 e. The maximum absolute atomic E-state index is 14.3. The number of ether oxygens (including phenoxy) is 1. The van der Waals surface area contributed by atoms with Crippen molar-refractivity contribution in [3.8, 4) is 0 Å². The van der Waals surface area contributed by atoms with Crippen molar-refractivity contribution in [1.82, 2.24) is 4.90 Å². The highest BCUT2D eigenvalue weighted by atomic mass is 19.3. The Morgan fingerprint density at radius 2 is 1.96 bits per heavy atom. The molecule has 2 fully saturated rings. The first-order chi connectivity index (χ1) is 11.9. The van der Waals surface area contributed by atoms with E-state index in [1.54, 1.807) is 24.3 Å². The molecule has 3 rings (SSSR count). The van der Waals surface area contributed by atoms with Crippen LogP contribution in [0, 0.1) is 5.41 Å². The van der Waals surface area contributed by atoms with Crippen molar-refractivity contribution in [1.29, 1.82) is 0 Å². The van der Waals surface area contributed by atoms with Crippen molar-refractivity contribution in [2.75, 3.05) is 31.6 Å². The van der Waals surface area contributed by atoms with Crippen LogP contribution >= 0.6 is 0 Å². The van der Waals surface area contributed by atoms with Gasteiger partial charge in [-0.3, -0.25) is 9.59 Å². The quantitative estimate of drug-likeness (QED) is 0.853. The summed E-state index contributed by atoms with van der Waals surface area (Å²) in [6.07, 6.45) is 1.06. The maximum atomic E-state index is 14.3. The van der Waals surface area contributed by atoms with Gasteiger partial charge in [0, 0.05) is 37.4 Å². The molecule has 2 saturated heterocycles. The summed E-state index contributed by atoms with van der Waals surface area (Å²) >= 11 is 0. The Morgan fingerprint density at radius 1 is 1.24 bits per heavy atom. The van der Waals surface area contributed by atoms with Crippen LogP contribution in [0.3, 0.4) is 0 Å². The van der Waals surface area contributed by atoms with Gasteiger partial charge >= 0.3 is 0 Å². The summed E-state index contributed by atoms with van der Waals surface area (Å²) in [6.45, 7) is 3.66. The topological polar surface area (TPSA) is 58.6 Å². The molecular formula is C18H20F2N2O3. The van der Waals surface area contributed by atoms with Gasteiger partial charge in [-0.2, -0.15) is 0 Å². The zero-order chi connectivity index (χ0) is 18.1. The first-order valence-corrected chi connectivity index (χ1v) is 8.15. The SMILES string of the molecule is C=CC(=O)Nc1ccc(C(=O)N2CCC(F)(F)C3(CCOC3)C2)cc1. The Morgan fingerprint density at radius 3 is 2.56 bits per heavy atom. The number of amides is 2. The standard InChI is InChI=1S/C18H20F2N2O3/c1-2-15(23)21-14-5-3-13(4-6-14)16(24)22-9-7-18(19,20)17(11-22)8-10-25-12-17/h2-6H,1,7-12H2,(H,21,23). The van der Waals surface area contributed by atoms with Gasteiger partial charge in [0.2, 0.25) is 5.91 Å². The summed E-state index contributed by atoms with van der Waals surface area (Å²) in [5, 5.41) is 2.59. The number of rotatable bonds is 3. The van der Waals surface area contributed by atoms with Crippen LogP contribution in [0.5, 0.6) is 0 Å². The van der Waals surface area contributed by atoms with Gasteiger partial charge in [-0.15, -0.1) is 0 Å². The van der Waals surface area contributed by atoms with E-state index >= 15 is 0 Å². The van der Waals surface area contributed by atoms with Crippen molar-refractivity contribution >= 4 is 17.5 Å². The molecule has 25 heavy (non-hydrogen) atoms. The van der Waals surface area contributed by atoms with Gasteiger partial charge in [0.05, 0.1) is 12.0 Å². The molecule has 1 spiro atoms. The van der Waals surface area contributed by atoms with E-state index in [4.69, 9.17) is 4.74 Å². The van der Waals surface area contributed by atoms with Gasteiger partial charge in [0.15, 0.2) is 0 Å². The molecule has 2 amide bonds. The number of hydrogen-bond donors (Lipinski definition) is 1. The molecule has 0 aliphatic carbocycles. The minimum absolute atomic E-state index is 0.00617. The molecule has 1 aromatic carbocycles. The molecule has 1 aromatic rings. The van der Waals surface area contributed by atoms with Gasteiger partial charge in [0.25, 0.3) is 11.8 Å². The first-order valence-electron chi connectivity index (χ1n) is 8.15. The number of alkyl halides is 2. The second-order valence-corrected chi connectivity index (χ2v) is 6.53. The summed E-state index contributed by atoms with van der Waals surface area (Å²) in [6, 6.07) is 6.35. The zero-order valence-corrected chi connectivity index (χ0v) is 13.8. The molecule has 5 nitrogen and oxygen atoms in total. The number of nitrogens with one attached hydrogen (secondary N) is 1. The van der Waals surface area contributed by atoms with Gasteiger partial charge in [-0.1, -0.05) is 6.58 Å². The fourth-order valence-electron chi connectivity index (χ4n) is 3.37. The molecule has 1 atom stereocenters. The van der Waals surface area contributed by atoms with Crippen LogP contribution in [0.25, 0.3) is 0 Å². The molecule has 2 aliphatic heterocycles. The monoisotopic (exact) mass is 350 g/mol. The number of carbonyl (C=O) groups excluding carboxylic acids is 2. The van der Waals surface area contributed by atoms with E-state index in [0.29, 0.717) is 17.9 Å². The number of likely N-dealkylation sites (tertiary alicyclic amines) is 1. The fraction of sp³-hybridized carbons (Fsp3) is 0.444. The Kier molecular flexibility index (Phi) is 4.60. The van der Waals surface area contributed by atoms with Crippen LogP contribution in [-0.2, 0) is 9.53 Å². The number of nitrogens with zero attached hydrogens (tertiary/aromatic N) is 1. The average molecular weight is 350 g/mol. The predicted molar refractivity (Wildman–Crippen MR) is 88.6 cm³/mol. The molecule has 1 unspecified atom stereocenters. The Balaban J connectivity index is 1.73. The number of piperidine rings is 1. The van der Waals surface area contributed by atoms with Crippen LogP contribution in [0.2, 0.25) is 0 Å². The van der Waals surface area contributed by atoms with E-state index < -0.39 is 11.3 Å². The Hall–Kier alpha value is -2.28. The van der Waals surface area contributed by atoms with Crippen LogP contribution in [0.15, 0.2) is 36.9 Å². The number of halogens is 2. The summed E-state index contributed by atoms with van der Waals surface area (Å²) in [7, 11) is 0. The largest absolute Gasteiger partial charge is 0.381 e. The van der Waals surface area contributed by atoms with Gasteiger partial charge in [0.1, 0.15) is 0 Å². The second-order valence-electron chi connectivity index (χ2n) is 6.53. The zero-order valence-electron chi connectivity index (χ0n) is 13.8. The van der Waals surface area contributed by atoms with Crippen molar-refractivity contribution in [3.63, 3.8) is 0 Å². The van der Waals surface area contributed by atoms with E-state index in [9.17, 15) is 18.4 Å². The van der Waals surface area contributed by atoms with Crippen molar-refractivity contribution < 1.29 is 23.1 Å². The highest BCUT2D eigenvalue weighted by Crippen LogP contribution is 2.48. The maximum Gasteiger partial charge on any atom is 0.259 e. The van der Waals surface area contributed by atoms with Crippen molar-refractivity contribution in [3.05, 3.63) is 42.5 Å². The van der Waals surface area contributed by atoms with Crippen LogP contribution < -0.4 is 5.32 Å². The van der Waals surface area contributed by atoms with E-state index in [-0.39, 0.29) is 44.4 Å². The van der Waals surface area contributed by atoms with Gasteiger partial charge in [-0.05, 0) is 36.8 Å².